The number of carbonyl (C=O) groups excluding carboxylic acids is 1. The van der Waals surface area contributed by atoms with Crippen LogP contribution in [0.1, 0.15) is 50.7 Å². The molecule has 3 rings (SSSR count). The highest BCUT2D eigenvalue weighted by Crippen LogP contribution is 2.29. The number of likely N-dealkylation sites (tertiary alicyclic amines) is 1. The van der Waals surface area contributed by atoms with Gasteiger partial charge >= 0.3 is 6.09 Å². The van der Waals surface area contributed by atoms with Crippen molar-refractivity contribution < 1.29 is 27.1 Å². The SMILES string of the molecule is CC(C)(C)OC(=O)N1CCC(c2ccc(COc3ccc(S(C)(=O)=O)cc3F)cc2)CC1. The number of carbonyl (C=O) groups is 1. The van der Waals surface area contributed by atoms with E-state index in [0.29, 0.717) is 19.0 Å². The molecule has 1 heterocycles. The number of benzene rings is 2. The highest BCUT2D eigenvalue weighted by molar-refractivity contribution is 7.90. The summed E-state index contributed by atoms with van der Waals surface area (Å²) in [6.45, 7) is 7.08. The lowest BCUT2D eigenvalue weighted by Gasteiger charge is -2.33. The Bertz CT molecular complexity index is 1050. The molecule has 32 heavy (non-hydrogen) atoms. The largest absolute Gasteiger partial charge is 0.486 e. The predicted octanol–water partition coefficient (Wildman–Crippen LogP) is 4.92. The fraction of sp³-hybridized carbons (Fsp3) is 0.458. The van der Waals surface area contributed by atoms with Crippen molar-refractivity contribution in [3.8, 4) is 5.75 Å². The zero-order valence-electron chi connectivity index (χ0n) is 18.9. The van der Waals surface area contributed by atoms with E-state index in [1.807, 2.05) is 45.0 Å². The first-order chi connectivity index (χ1) is 14.9. The first kappa shape index (κ1) is 24.0. The topological polar surface area (TPSA) is 72.9 Å². The summed E-state index contributed by atoms with van der Waals surface area (Å²) in [5, 5.41) is 0. The van der Waals surface area contributed by atoms with Gasteiger partial charge in [0.2, 0.25) is 0 Å². The van der Waals surface area contributed by atoms with Crippen molar-refractivity contribution in [3.05, 3.63) is 59.4 Å². The molecule has 0 bridgehead atoms. The van der Waals surface area contributed by atoms with Crippen LogP contribution in [0.3, 0.4) is 0 Å². The molecule has 174 valence electrons. The molecule has 1 fully saturated rings. The molecular weight excluding hydrogens is 433 g/mol. The standard InChI is InChI=1S/C24H30FNO5S/c1-24(2,3)31-23(27)26-13-11-19(12-14-26)18-7-5-17(6-8-18)16-30-22-10-9-20(15-21(22)25)32(4,28)29/h5-10,15,19H,11-14,16H2,1-4H3. The third-order valence-electron chi connectivity index (χ3n) is 5.32. The van der Waals surface area contributed by atoms with Gasteiger partial charge in [-0.25, -0.2) is 17.6 Å². The van der Waals surface area contributed by atoms with Gasteiger partial charge in [-0.2, -0.15) is 0 Å². The molecule has 0 spiro atoms. The Labute approximate surface area is 189 Å². The molecule has 2 aromatic rings. The average Bonchev–Trinajstić information content (AvgIpc) is 2.71. The van der Waals surface area contributed by atoms with E-state index in [1.165, 1.54) is 17.7 Å². The quantitative estimate of drug-likeness (QED) is 0.629. The van der Waals surface area contributed by atoms with Crippen molar-refractivity contribution in [2.24, 2.45) is 0 Å². The summed E-state index contributed by atoms with van der Waals surface area (Å²) in [6.07, 6.45) is 2.51. The number of nitrogens with zero attached hydrogens (tertiary/aromatic N) is 1. The van der Waals surface area contributed by atoms with Crippen LogP contribution in [-0.2, 0) is 21.2 Å². The second-order valence-corrected chi connectivity index (χ2v) is 11.2. The molecule has 0 atom stereocenters. The number of ether oxygens (including phenoxy) is 2. The van der Waals surface area contributed by atoms with E-state index in [1.54, 1.807) is 4.90 Å². The summed E-state index contributed by atoms with van der Waals surface area (Å²) in [5.41, 5.74) is 1.58. The van der Waals surface area contributed by atoms with E-state index >= 15 is 0 Å². The van der Waals surface area contributed by atoms with Gasteiger partial charge in [-0.1, -0.05) is 24.3 Å². The van der Waals surface area contributed by atoms with Gasteiger partial charge in [-0.3, -0.25) is 0 Å². The van der Waals surface area contributed by atoms with Crippen LogP contribution >= 0.6 is 0 Å². The van der Waals surface area contributed by atoms with E-state index in [9.17, 15) is 17.6 Å². The van der Waals surface area contributed by atoms with Crippen LogP contribution in [0.2, 0.25) is 0 Å². The molecule has 1 aliphatic heterocycles. The first-order valence-electron chi connectivity index (χ1n) is 10.6. The molecule has 1 amide bonds. The third kappa shape index (κ3) is 6.45. The number of amides is 1. The highest BCUT2D eigenvalue weighted by atomic mass is 32.2. The molecule has 8 heteroatoms. The third-order valence-corrected chi connectivity index (χ3v) is 6.43. The monoisotopic (exact) mass is 463 g/mol. The summed E-state index contributed by atoms with van der Waals surface area (Å²) in [4.78, 5) is 13.9. The van der Waals surface area contributed by atoms with Gasteiger partial charge in [-0.05, 0) is 68.9 Å². The van der Waals surface area contributed by atoms with E-state index in [0.717, 1.165) is 30.7 Å². The van der Waals surface area contributed by atoms with E-state index in [4.69, 9.17) is 9.47 Å². The summed E-state index contributed by atoms with van der Waals surface area (Å²) in [5.74, 6) is -0.332. The van der Waals surface area contributed by atoms with E-state index in [2.05, 4.69) is 0 Å². The lowest BCUT2D eigenvalue weighted by Crippen LogP contribution is -2.41. The molecule has 0 aromatic heterocycles. The number of hydrogen-bond donors (Lipinski definition) is 0. The van der Waals surface area contributed by atoms with Crippen molar-refractivity contribution in [2.45, 2.75) is 56.6 Å². The smallest absolute Gasteiger partial charge is 0.410 e. The van der Waals surface area contributed by atoms with Gasteiger partial charge < -0.3 is 14.4 Å². The predicted molar refractivity (Wildman–Crippen MR) is 120 cm³/mol. The van der Waals surface area contributed by atoms with Crippen LogP contribution in [0, 0.1) is 5.82 Å². The first-order valence-corrected chi connectivity index (χ1v) is 12.5. The molecule has 0 radical (unpaired) electrons. The number of piperidine rings is 1. The van der Waals surface area contributed by atoms with Crippen LogP contribution in [0.4, 0.5) is 9.18 Å². The lowest BCUT2D eigenvalue weighted by molar-refractivity contribution is 0.0205. The van der Waals surface area contributed by atoms with Gasteiger partial charge in [-0.15, -0.1) is 0 Å². The Morgan fingerprint density at radius 1 is 1.09 bits per heavy atom. The van der Waals surface area contributed by atoms with Crippen LogP contribution in [0.15, 0.2) is 47.4 Å². The Hall–Kier alpha value is -2.61. The highest BCUT2D eigenvalue weighted by Gasteiger charge is 2.27. The molecule has 0 aliphatic carbocycles. The number of hydrogen-bond acceptors (Lipinski definition) is 5. The zero-order valence-corrected chi connectivity index (χ0v) is 19.7. The van der Waals surface area contributed by atoms with Gasteiger partial charge in [0.05, 0.1) is 4.90 Å². The maximum Gasteiger partial charge on any atom is 0.410 e. The van der Waals surface area contributed by atoms with Crippen LogP contribution in [-0.4, -0.2) is 44.4 Å². The molecule has 2 aromatic carbocycles. The Balaban J connectivity index is 1.53. The molecule has 1 saturated heterocycles. The van der Waals surface area contributed by atoms with E-state index in [-0.39, 0.29) is 23.3 Å². The molecule has 1 aliphatic rings. The van der Waals surface area contributed by atoms with Crippen LogP contribution < -0.4 is 4.74 Å². The minimum absolute atomic E-state index is 0.0102. The van der Waals surface area contributed by atoms with Gasteiger partial charge in [0, 0.05) is 19.3 Å². The van der Waals surface area contributed by atoms with Gasteiger partial charge in [0.1, 0.15) is 12.2 Å². The lowest BCUT2D eigenvalue weighted by atomic mass is 9.89. The Morgan fingerprint density at radius 2 is 1.72 bits per heavy atom. The normalized spacial score (nSPS) is 15.5. The van der Waals surface area contributed by atoms with Crippen molar-refractivity contribution >= 4 is 15.9 Å². The second kappa shape index (κ2) is 9.48. The second-order valence-electron chi connectivity index (χ2n) is 9.14. The van der Waals surface area contributed by atoms with E-state index < -0.39 is 21.3 Å². The van der Waals surface area contributed by atoms with Crippen molar-refractivity contribution in [1.29, 1.82) is 0 Å². The number of sulfone groups is 1. The van der Waals surface area contributed by atoms with Crippen molar-refractivity contribution in [1.82, 2.24) is 4.90 Å². The molecular formula is C24H30FNO5S. The van der Waals surface area contributed by atoms with Crippen molar-refractivity contribution in [3.63, 3.8) is 0 Å². The maximum absolute atomic E-state index is 14.1. The summed E-state index contributed by atoms with van der Waals surface area (Å²) in [7, 11) is -3.47. The fourth-order valence-corrected chi connectivity index (χ4v) is 4.23. The van der Waals surface area contributed by atoms with Crippen molar-refractivity contribution in [2.75, 3.05) is 19.3 Å². The number of rotatable bonds is 5. The van der Waals surface area contributed by atoms with Crippen LogP contribution in [0.5, 0.6) is 5.75 Å². The molecule has 0 unspecified atom stereocenters. The average molecular weight is 464 g/mol. The Kier molecular flexibility index (Phi) is 7.12. The molecule has 0 N–H and O–H groups in total. The fourth-order valence-electron chi connectivity index (χ4n) is 3.60. The zero-order chi connectivity index (χ0) is 23.5. The summed E-state index contributed by atoms with van der Waals surface area (Å²) in [6, 6.07) is 11.6. The minimum Gasteiger partial charge on any atom is -0.486 e. The maximum atomic E-state index is 14.1. The molecule has 0 saturated carbocycles. The van der Waals surface area contributed by atoms with Gasteiger partial charge in [0.15, 0.2) is 21.4 Å². The summed E-state index contributed by atoms with van der Waals surface area (Å²) < 4.78 is 48.1. The van der Waals surface area contributed by atoms with Crippen LogP contribution in [0.25, 0.3) is 0 Å². The summed E-state index contributed by atoms with van der Waals surface area (Å²) >= 11 is 0. The molecule has 6 nitrogen and oxygen atoms in total. The van der Waals surface area contributed by atoms with Gasteiger partial charge in [0.25, 0.3) is 0 Å². The minimum atomic E-state index is -3.47. The number of halogens is 1. The Morgan fingerprint density at radius 3 is 2.25 bits per heavy atom.